The number of halogens is 5. The lowest BCUT2D eigenvalue weighted by atomic mass is 10.2. The minimum absolute atomic E-state index is 0. The quantitative estimate of drug-likeness (QED) is 0.580. The molecule has 10 heteroatoms. The van der Waals surface area contributed by atoms with Gasteiger partial charge >= 0.3 is 6.18 Å². The highest BCUT2D eigenvalue weighted by atomic mass is 35.5. The van der Waals surface area contributed by atoms with Crippen LogP contribution in [0.3, 0.4) is 0 Å². The highest BCUT2D eigenvalue weighted by Gasteiger charge is 2.38. The summed E-state index contributed by atoms with van der Waals surface area (Å²) in [7, 11) is 0. The molecule has 2 aromatic heterocycles. The smallest absolute Gasteiger partial charge is 0.321 e. The summed E-state index contributed by atoms with van der Waals surface area (Å²) in [5.41, 5.74) is 0.260. The number of nitrogens with one attached hydrogen (secondary N) is 1. The Labute approximate surface area is 175 Å². The van der Waals surface area contributed by atoms with E-state index in [2.05, 4.69) is 15.4 Å². The summed E-state index contributed by atoms with van der Waals surface area (Å²) < 4.78 is 40.3. The molecule has 0 radical (unpaired) electrons. The van der Waals surface area contributed by atoms with Gasteiger partial charge in [0, 0.05) is 11.6 Å². The van der Waals surface area contributed by atoms with Gasteiger partial charge in [0.25, 0.3) is 5.91 Å². The maximum atomic E-state index is 13.0. The van der Waals surface area contributed by atoms with Gasteiger partial charge in [-0.2, -0.15) is 18.3 Å². The molecular formula is C19H15Cl2F3N4O. The fraction of sp³-hybridized carbons (Fsp3) is 0.211. The van der Waals surface area contributed by atoms with Crippen LogP contribution in [0.25, 0.3) is 5.82 Å². The van der Waals surface area contributed by atoms with Crippen LogP contribution in [-0.2, 0) is 6.18 Å². The van der Waals surface area contributed by atoms with E-state index in [-0.39, 0.29) is 24.1 Å². The zero-order valence-electron chi connectivity index (χ0n) is 14.8. The van der Waals surface area contributed by atoms with Gasteiger partial charge in [-0.25, -0.2) is 9.67 Å². The first-order valence-electron chi connectivity index (χ1n) is 8.52. The van der Waals surface area contributed by atoms with E-state index < -0.39 is 17.8 Å². The Morgan fingerprint density at radius 3 is 2.48 bits per heavy atom. The second kappa shape index (κ2) is 8.04. The molecule has 0 spiro atoms. The topological polar surface area (TPSA) is 59.8 Å². The molecule has 4 rings (SSSR count). The Balaban J connectivity index is 0.00000240. The lowest BCUT2D eigenvalue weighted by Crippen LogP contribution is -2.13. The van der Waals surface area contributed by atoms with Crippen molar-refractivity contribution in [1.29, 1.82) is 0 Å². The molecule has 29 heavy (non-hydrogen) atoms. The third kappa shape index (κ3) is 4.54. The number of hydrogen-bond acceptors (Lipinski definition) is 3. The number of amides is 1. The zero-order valence-corrected chi connectivity index (χ0v) is 16.4. The van der Waals surface area contributed by atoms with Crippen LogP contribution in [0.1, 0.15) is 40.5 Å². The molecule has 0 unspecified atom stereocenters. The number of pyridine rings is 1. The summed E-state index contributed by atoms with van der Waals surface area (Å²) in [6, 6.07) is 10.7. The molecule has 1 aromatic carbocycles. The van der Waals surface area contributed by atoms with Crippen molar-refractivity contribution >= 4 is 35.6 Å². The summed E-state index contributed by atoms with van der Waals surface area (Å²) >= 11 is 6.00. The van der Waals surface area contributed by atoms with E-state index in [1.54, 1.807) is 30.3 Å². The molecule has 1 aliphatic carbocycles. The molecule has 1 aliphatic rings. The molecule has 0 atom stereocenters. The largest absolute Gasteiger partial charge is 0.435 e. The Morgan fingerprint density at radius 2 is 1.90 bits per heavy atom. The highest BCUT2D eigenvalue weighted by Crippen LogP contribution is 2.42. The molecule has 152 valence electrons. The summed E-state index contributed by atoms with van der Waals surface area (Å²) in [6.45, 7) is 0. The lowest BCUT2D eigenvalue weighted by Gasteiger charge is -2.09. The van der Waals surface area contributed by atoms with Gasteiger partial charge in [-0.05, 0) is 43.2 Å². The number of nitrogens with zero attached hydrogens (tertiary/aromatic N) is 3. The van der Waals surface area contributed by atoms with Gasteiger partial charge in [0.05, 0.1) is 22.5 Å². The van der Waals surface area contributed by atoms with E-state index in [0.29, 0.717) is 22.0 Å². The van der Waals surface area contributed by atoms with Crippen molar-refractivity contribution in [2.75, 3.05) is 5.32 Å². The Morgan fingerprint density at radius 1 is 1.17 bits per heavy atom. The van der Waals surface area contributed by atoms with Crippen LogP contribution in [0.2, 0.25) is 5.02 Å². The normalized spacial score (nSPS) is 13.7. The number of anilines is 1. The first-order valence-corrected chi connectivity index (χ1v) is 8.90. The Kier molecular flexibility index (Phi) is 5.86. The molecule has 2 heterocycles. The number of aromatic nitrogens is 3. The van der Waals surface area contributed by atoms with Gasteiger partial charge in [0.1, 0.15) is 0 Å². The van der Waals surface area contributed by atoms with Crippen LogP contribution in [-0.4, -0.2) is 20.7 Å². The van der Waals surface area contributed by atoms with E-state index in [0.717, 1.165) is 18.9 Å². The Bertz CT molecular complexity index is 1030. The molecule has 1 N–H and O–H groups in total. The standard InChI is InChI=1S/C19H14ClF3N4O.ClH/c20-14-4-2-1-3-13(14)18(28)25-12-7-8-17(24-10-12)27-15(11-5-6-11)9-16(26-27)19(21,22)23;/h1-4,7-11H,5-6H2,(H,25,28);1H. The van der Waals surface area contributed by atoms with E-state index >= 15 is 0 Å². The molecule has 0 aliphatic heterocycles. The van der Waals surface area contributed by atoms with E-state index in [1.807, 2.05) is 0 Å². The average Bonchev–Trinajstić information content (AvgIpc) is 3.39. The van der Waals surface area contributed by atoms with Crippen LogP contribution in [0, 0.1) is 0 Å². The summed E-state index contributed by atoms with van der Waals surface area (Å²) in [5.74, 6) is -0.0876. The number of benzene rings is 1. The summed E-state index contributed by atoms with van der Waals surface area (Å²) in [6.07, 6.45) is -1.49. The number of carbonyl (C=O) groups is 1. The zero-order chi connectivity index (χ0) is 19.9. The summed E-state index contributed by atoms with van der Waals surface area (Å²) in [4.78, 5) is 16.5. The third-order valence-electron chi connectivity index (χ3n) is 4.36. The van der Waals surface area contributed by atoms with E-state index in [1.165, 1.54) is 16.9 Å². The minimum atomic E-state index is -4.52. The van der Waals surface area contributed by atoms with Gasteiger partial charge in [-0.1, -0.05) is 23.7 Å². The van der Waals surface area contributed by atoms with Crippen molar-refractivity contribution in [2.45, 2.75) is 24.9 Å². The van der Waals surface area contributed by atoms with Gasteiger partial charge in [-0.3, -0.25) is 4.79 Å². The molecule has 0 saturated heterocycles. The lowest BCUT2D eigenvalue weighted by molar-refractivity contribution is -0.141. The van der Waals surface area contributed by atoms with Crippen molar-refractivity contribution < 1.29 is 18.0 Å². The van der Waals surface area contributed by atoms with Gasteiger partial charge in [0.15, 0.2) is 11.5 Å². The SMILES string of the molecule is Cl.O=C(Nc1ccc(-n2nc(C(F)(F)F)cc2C2CC2)nc1)c1ccccc1Cl. The third-order valence-corrected chi connectivity index (χ3v) is 4.69. The second-order valence-corrected chi connectivity index (χ2v) is 6.88. The molecular weight excluding hydrogens is 428 g/mol. The van der Waals surface area contributed by atoms with Gasteiger partial charge in [0.2, 0.25) is 0 Å². The first-order chi connectivity index (χ1) is 13.3. The predicted octanol–water partition coefficient (Wildman–Crippen LogP) is 5.49. The van der Waals surface area contributed by atoms with Crippen LogP contribution in [0.4, 0.5) is 18.9 Å². The van der Waals surface area contributed by atoms with Crippen molar-refractivity contribution in [2.24, 2.45) is 0 Å². The van der Waals surface area contributed by atoms with Gasteiger partial charge < -0.3 is 5.32 Å². The van der Waals surface area contributed by atoms with Crippen LogP contribution >= 0.6 is 24.0 Å². The maximum absolute atomic E-state index is 13.0. The second-order valence-electron chi connectivity index (χ2n) is 6.48. The van der Waals surface area contributed by atoms with Gasteiger partial charge in [-0.15, -0.1) is 12.4 Å². The van der Waals surface area contributed by atoms with E-state index in [9.17, 15) is 18.0 Å². The van der Waals surface area contributed by atoms with Crippen LogP contribution in [0.15, 0.2) is 48.7 Å². The summed E-state index contributed by atoms with van der Waals surface area (Å²) in [5, 5.41) is 6.66. The molecule has 5 nitrogen and oxygen atoms in total. The van der Waals surface area contributed by atoms with E-state index in [4.69, 9.17) is 11.6 Å². The predicted molar refractivity (Wildman–Crippen MR) is 105 cm³/mol. The van der Waals surface area contributed by atoms with Crippen LogP contribution < -0.4 is 5.32 Å². The fourth-order valence-electron chi connectivity index (χ4n) is 2.82. The highest BCUT2D eigenvalue weighted by molar-refractivity contribution is 6.34. The average molecular weight is 443 g/mol. The number of alkyl halides is 3. The molecule has 3 aromatic rings. The van der Waals surface area contributed by atoms with Crippen molar-refractivity contribution in [3.8, 4) is 5.82 Å². The molecule has 1 amide bonds. The van der Waals surface area contributed by atoms with Crippen molar-refractivity contribution in [1.82, 2.24) is 14.8 Å². The fourth-order valence-corrected chi connectivity index (χ4v) is 3.04. The molecule has 1 saturated carbocycles. The van der Waals surface area contributed by atoms with Crippen molar-refractivity contribution in [3.63, 3.8) is 0 Å². The minimum Gasteiger partial charge on any atom is -0.321 e. The number of carbonyl (C=O) groups excluding carboxylic acids is 1. The molecule has 0 bridgehead atoms. The first kappa shape index (κ1) is 21.1. The number of rotatable bonds is 4. The number of hydrogen-bond donors (Lipinski definition) is 1. The van der Waals surface area contributed by atoms with Crippen molar-refractivity contribution in [3.05, 3.63) is 70.6 Å². The van der Waals surface area contributed by atoms with Crippen LogP contribution in [0.5, 0.6) is 0 Å². The molecule has 1 fully saturated rings. The maximum Gasteiger partial charge on any atom is 0.435 e. The Hall–Kier alpha value is -2.58. The monoisotopic (exact) mass is 442 g/mol.